The maximum absolute atomic E-state index is 11.3. The Kier molecular flexibility index (Phi) is 3.73. The summed E-state index contributed by atoms with van der Waals surface area (Å²) in [6.07, 6.45) is 0.984. The Balaban J connectivity index is 2.31. The van der Waals surface area contributed by atoms with E-state index in [1.54, 1.807) is 4.90 Å². The Bertz CT molecular complexity index is 222. The van der Waals surface area contributed by atoms with Gasteiger partial charge in [-0.05, 0) is 12.8 Å². The molecule has 1 saturated heterocycles. The van der Waals surface area contributed by atoms with Crippen molar-refractivity contribution in [1.29, 1.82) is 0 Å². The minimum atomic E-state index is -0.981. The van der Waals surface area contributed by atoms with Crippen molar-refractivity contribution in [2.24, 2.45) is 0 Å². The smallest absolute Gasteiger partial charge is 0.404 e. The summed E-state index contributed by atoms with van der Waals surface area (Å²) >= 11 is 0. The van der Waals surface area contributed by atoms with Gasteiger partial charge < -0.3 is 15.3 Å². The third-order valence-electron chi connectivity index (χ3n) is 2.48. The van der Waals surface area contributed by atoms with Gasteiger partial charge in [0.1, 0.15) is 0 Å². The highest BCUT2D eigenvalue weighted by atomic mass is 16.4. The van der Waals surface area contributed by atoms with E-state index in [4.69, 9.17) is 5.11 Å². The molecule has 5 nitrogen and oxygen atoms in total. The number of carbonyl (C=O) groups is 2. The van der Waals surface area contributed by atoms with Crippen LogP contribution in [0.15, 0.2) is 0 Å². The molecule has 1 rings (SSSR count). The molecule has 80 valence electrons. The van der Waals surface area contributed by atoms with Crippen LogP contribution < -0.4 is 5.32 Å². The molecule has 5 heteroatoms. The van der Waals surface area contributed by atoms with Crippen LogP contribution in [-0.2, 0) is 4.79 Å². The zero-order valence-corrected chi connectivity index (χ0v) is 8.32. The Morgan fingerprint density at radius 1 is 1.43 bits per heavy atom. The topological polar surface area (TPSA) is 69.6 Å². The van der Waals surface area contributed by atoms with Gasteiger partial charge in [0.25, 0.3) is 0 Å². The molecule has 1 aliphatic heterocycles. The van der Waals surface area contributed by atoms with E-state index in [9.17, 15) is 9.59 Å². The van der Waals surface area contributed by atoms with Crippen molar-refractivity contribution < 1.29 is 14.7 Å². The van der Waals surface area contributed by atoms with E-state index in [2.05, 4.69) is 5.32 Å². The van der Waals surface area contributed by atoms with Crippen molar-refractivity contribution in [3.05, 3.63) is 0 Å². The lowest BCUT2D eigenvalue weighted by molar-refractivity contribution is -0.131. The molecule has 0 aromatic rings. The maximum Gasteiger partial charge on any atom is 0.404 e. The fourth-order valence-electron chi connectivity index (χ4n) is 1.67. The molecular weight excluding hydrogens is 184 g/mol. The molecule has 0 saturated carbocycles. The summed E-state index contributed by atoms with van der Waals surface area (Å²) in [7, 11) is 0. The van der Waals surface area contributed by atoms with E-state index in [0.29, 0.717) is 19.5 Å². The Morgan fingerprint density at radius 3 is 2.43 bits per heavy atom. The number of hydrogen-bond donors (Lipinski definition) is 2. The Morgan fingerprint density at radius 2 is 2.00 bits per heavy atom. The van der Waals surface area contributed by atoms with Crippen LogP contribution in [0.5, 0.6) is 0 Å². The van der Waals surface area contributed by atoms with Crippen molar-refractivity contribution in [2.75, 3.05) is 13.1 Å². The largest absolute Gasteiger partial charge is 0.465 e. The summed E-state index contributed by atoms with van der Waals surface area (Å²) in [5, 5.41) is 10.9. The van der Waals surface area contributed by atoms with Crippen LogP contribution in [0.2, 0.25) is 0 Å². The van der Waals surface area contributed by atoms with Gasteiger partial charge >= 0.3 is 6.09 Å². The summed E-state index contributed by atoms with van der Waals surface area (Å²) in [5.41, 5.74) is 0. The zero-order valence-electron chi connectivity index (χ0n) is 8.32. The lowest BCUT2D eigenvalue weighted by atomic mass is 10.1. The van der Waals surface area contributed by atoms with Gasteiger partial charge in [0.15, 0.2) is 0 Å². The van der Waals surface area contributed by atoms with E-state index in [1.807, 2.05) is 6.92 Å². The normalized spacial score (nSPS) is 17.9. The number of hydrogen-bond acceptors (Lipinski definition) is 2. The average molecular weight is 200 g/mol. The van der Waals surface area contributed by atoms with Crippen LogP contribution in [0.25, 0.3) is 0 Å². The number of amides is 2. The molecule has 2 amide bonds. The fourth-order valence-corrected chi connectivity index (χ4v) is 1.67. The molecular formula is C9H16N2O3. The summed E-state index contributed by atoms with van der Waals surface area (Å²) < 4.78 is 0. The molecule has 0 bridgehead atoms. The van der Waals surface area contributed by atoms with Crippen molar-refractivity contribution in [3.63, 3.8) is 0 Å². The number of nitrogens with zero attached hydrogens (tertiary/aromatic N) is 1. The number of nitrogens with one attached hydrogen (secondary N) is 1. The number of carbonyl (C=O) groups excluding carboxylic acids is 1. The highest BCUT2D eigenvalue weighted by molar-refractivity contribution is 5.75. The van der Waals surface area contributed by atoms with Crippen molar-refractivity contribution >= 4 is 12.0 Å². The van der Waals surface area contributed by atoms with E-state index >= 15 is 0 Å². The van der Waals surface area contributed by atoms with Crippen molar-refractivity contribution in [2.45, 2.75) is 32.2 Å². The summed E-state index contributed by atoms with van der Waals surface area (Å²) in [5.74, 6) is 0.152. The van der Waals surface area contributed by atoms with Crippen molar-refractivity contribution in [1.82, 2.24) is 10.2 Å². The first-order valence-corrected chi connectivity index (χ1v) is 4.90. The molecule has 0 aromatic heterocycles. The number of piperidine rings is 1. The first-order valence-electron chi connectivity index (χ1n) is 4.90. The molecule has 1 aliphatic rings. The van der Waals surface area contributed by atoms with Gasteiger partial charge in [0, 0.05) is 25.6 Å². The van der Waals surface area contributed by atoms with Gasteiger partial charge in [0.2, 0.25) is 5.91 Å². The van der Waals surface area contributed by atoms with Crippen LogP contribution in [-0.4, -0.2) is 41.1 Å². The maximum atomic E-state index is 11.3. The minimum absolute atomic E-state index is 0.00778. The van der Waals surface area contributed by atoms with Gasteiger partial charge in [-0.1, -0.05) is 6.92 Å². The third-order valence-corrected chi connectivity index (χ3v) is 2.48. The second-order valence-corrected chi connectivity index (χ2v) is 3.46. The standard InChI is InChI=1S/C9H16N2O3/c1-2-8(12)11-5-3-7(4-6-11)10-9(13)14/h7,10H,2-6H2,1H3,(H,13,14). The molecule has 2 N–H and O–H groups in total. The third kappa shape index (κ3) is 2.90. The van der Waals surface area contributed by atoms with Crippen LogP contribution in [0, 0.1) is 0 Å². The molecule has 0 aromatic carbocycles. The number of carboxylic acid groups (broad SMARTS) is 1. The predicted molar refractivity (Wildman–Crippen MR) is 51.1 cm³/mol. The van der Waals surface area contributed by atoms with Crippen LogP contribution in [0.1, 0.15) is 26.2 Å². The van der Waals surface area contributed by atoms with Gasteiger partial charge in [-0.3, -0.25) is 4.79 Å². The fraction of sp³-hybridized carbons (Fsp3) is 0.778. The van der Waals surface area contributed by atoms with Crippen molar-refractivity contribution in [3.8, 4) is 0 Å². The predicted octanol–water partition coefficient (Wildman–Crippen LogP) is 0.655. The number of rotatable bonds is 2. The van der Waals surface area contributed by atoms with Crippen LogP contribution in [0.3, 0.4) is 0 Å². The average Bonchev–Trinajstić information content (AvgIpc) is 2.17. The monoisotopic (exact) mass is 200 g/mol. The quantitative estimate of drug-likeness (QED) is 0.687. The van der Waals surface area contributed by atoms with Gasteiger partial charge in [-0.2, -0.15) is 0 Å². The minimum Gasteiger partial charge on any atom is -0.465 e. The van der Waals surface area contributed by atoms with E-state index in [-0.39, 0.29) is 11.9 Å². The molecule has 1 heterocycles. The summed E-state index contributed by atoms with van der Waals surface area (Å²) in [6.45, 7) is 3.17. The second kappa shape index (κ2) is 4.83. The first kappa shape index (κ1) is 10.8. The first-order chi connectivity index (χ1) is 6.63. The lowest BCUT2D eigenvalue weighted by Gasteiger charge is -2.31. The molecule has 0 aliphatic carbocycles. The lowest BCUT2D eigenvalue weighted by Crippen LogP contribution is -2.46. The molecule has 14 heavy (non-hydrogen) atoms. The van der Waals surface area contributed by atoms with Crippen LogP contribution >= 0.6 is 0 Å². The van der Waals surface area contributed by atoms with E-state index in [1.165, 1.54) is 0 Å². The molecule has 0 unspecified atom stereocenters. The SMILES string of the molecule is CCC(=O)N1CCC(NC(=O)O)CC1. The molecule has 0 atom stereocenters. The molecule has 0 radical (unpaired) electrons. The molecule has 0 spiro atoms. The summed E-state index contributed by atoms with van der Waals surface area (Å²) in [6, 6.07) is 0.00778. The molecule has 1 fully saturated rings. The Hall–Kier alpha value is -1.26. The van der Waals surface area contributed by atoms with Gasteiger partial charge in [-0.25, -0.2) is 4.79 Å². The number of likely N-dealkylation sites (tertiary alicyclic amines) is 1. The second-order valence-electron chi connectivity index (χ2n) is 3.46. The van der Waals surface area contributed by atoms with Gasteiger partial charge in [-0.15, -0.1) is 0 Å². The Labute approximate surface area is 83.1 Å². The van der Waals surface area contributed by atoms with Gasteiger partial charge in [0.05, 0.1) is 0 Å². The highest BCUT2D eigenvalue weighted by Crippen LogP contribution is 2.11. The summed E-state index contributed by atoms with van der Waals surface area (Å²) in [4.78, 5) is 23.4. The van der Waals surface area contributed by atoms with Crippen LogP contribution in [0.4, 0.5) is 4.79 Å². The highest BCUT2D eigenvalue weighted by Gasteiger charge is 2.22. The zero-order chi connectivity index (χ0) is 10.6. The van der Waals surface area contributed by atoms with E-state index in [0.717, 1.165) is 12.8 Å². The van der Waals surface area contributed by atoms with E-state index < -0.39 is 6.09 Å².